The molecule has 1 atom stereocenters. The lowest BCUT2D eigenvalue weighted by atomic mass is 9.99. The highest BCUT2D eigenvalue weighted by atomic mass is 32.1. The first-order chi connectivity index (χ1) is 14.7. The van der Waals surface area contributed by atoms with E-state index in [9.17, 15) is 4.79 Å². The van der Waals surface area contributed by atoms with Gasteiger partial charge in [-0.1, -0.05) is 17.3 Å². The monoisotopic (exact) mass is 425 g/mol. The number of rotatable bonds is 4. The predicted molar refractivity (Wildman–Crippen MR) is 112 cm³/mol. The molecule has 3 heterocycles. The first-order valence-electron chi connectivity index (χ1n) is 10.2. The lowest BCUT2D eigenvalue weighted by Crippen LogP contribution is -2.42. The SMILES string of the molecule is COc1cccc(-c2noc([C@H]3CN(C(=O)c4cc5c(s4)CCCC5)CCO3)n2)c1. The molecule has 1 fully saturated rings. The van der Waals surface area contributed by atoms with Crippen molar-refractivity contribution in [1.82, 2.24) is 15.0 Å². The standard InChI is InChI=1S/C22H23N3O4S/c1-27-16-7-4-6-15(11-16)20-23-21(29-24-20)17-13-25(9-10-28-17)22(26)19-12-14-5-2-3-8-18(14)30-19/h4,6-7,11-12,17H,2-3,5,8-10,13H2,1H3/t17-/m1/s1. The largest absolute Gasteiger partial charge is 0.497 e. The summed E-state index contributed by atoms with van der Waals surface area (Å²) >= 11 is 1.64. The van der Waals surface area contributed by atoms with Crippen LogP contribution < -0.4 is 4.74 Å². The van der Waals surface area contributed by atoms with Crippen molar-refractivity contribution in [2.24, 2.45) is 0 Å². The van der Waals surface area contributed by atoms with Crippen molar-refractivity contribution in [3.8, 4) is 17.1 Å². The van der Waals surface area contributed by atoms with Crippen molar-refractivity contribution in [1.29, 1.82) is 0 Å². The molecular weight excluding hydrogens is 402 g/mol. The van der Waals surface area contributed by atoms with Gasteiger partial charge in [-0.05, 0) is 49.4 Å². The average molecular weight is 426 g/mol. The fraction of sp³-hybridized carbons (Fsp3) is 0.409. The van der Waals surface area contributed by atoms with Gasteiger partial charge in [-0.2, -0.15) is 4.98 Å². The fourth-order valence-corrected chi connectivity index (χ4v) is 5.20. The van der Waals surface area contributed by atoms with E-state index in [0.29, 0.717) is 31.4 Å². The zero-order valence-electron chi connectivity index (χ0n) is 16.8. The van der Waals surface area contributed by atoms with Crippen LogP contribution in [0.4, 0.5) is 0 Å². The van der Waals surface area contributed by atoms with Gasteiger partial charge in [0.25, 0.3) is 11.8 Å². The predicted octanol–water partition coefficient (Wildman–Crippen LogP) is 3.90. The van der Waals surface area contributed by atoms with E-state index in [1.54, 1.807) is 18.4 Å². The quantitative estimate of drug-likeness (QED) is 0.631. The molecule has 1 aliphatic carbocycles. The van der Waals surface area contributed by atoms with E-state index in [2.05, 4.69) is 16.2 Å². The van der Waals surface area contributed by atoms with Gasteiger partial charge in [0.2, 0.25) is 5.82 Å². The minimum atomic E-state index is -0.427. The number of ether oxygens (including phenoxy) is 2. The molecule has 0 saturated carbocycles. The van der Waals surface area contributed by atoms with Gasteiger partial charge in [-0.15, -0.1) is 11.3 Å². The van der Waals surface area contributed by atoms with Crippen molar-refractivity contribution >= 4 is 17.2 Å². The van der Waals surface area contributed by atoms with Crippen LogP contribution in [-0.2, 0) is 17.6 Å². The zero-order chi connectivity index (χ0) is 20.5. The Morgan fingerprint density at radius 3 is 3.03 bits per heavy atom. The normalized spacial score (nSPS) is 18.8. The van der Waals surface area contributed by atoms with Gasteiger partial charge in [-0.3, -0.25) is 4.79 Å². The van der Waals surface area contributed by atoms with Gasteiger partial charge in [0.05, 0.1) is 25.1 Å². The highest BCUT2D eigenvalue weighted by Crippen LogP contribution is 2.32. The van der Waals surface area contributed by atoms with E-state index >= 15 is 0 Å². The van der Waals surface area contributed by atoms with Crippen molar-refractivity contribution in [3.05, 3.63) is 51.5 Å². The second-order valence-electron chi connectivity index (χ2n) is 7.56. The summed E-state index contributed by atoms with van der Waals surface area (Å²) in [6.07, 6.45) is 4.18. The van der Waals surface area contributed by atoms with E-state index in [1.165, 1.54) is 23.3 Å². The molecule has 8 heteroatoms. The Kier molecular flexibility index (Phi) is 5.26. The van der Waals surface area contributed by atoms with Crippen LogP contribution >= 0.6 is 11.3 Å². The summed E-state index contributed by atoms with van der Waals surface area (Å²) in [5, 5.41) is 4.09. The summed E-state index contributed by atoms with van der Waals surface area (Å²) in [6.45, 7) is 1.41. The molecule has 0 spiro atoms. The Hall–Kier alpha value is -2.71. The number of nitrogens with zero attached hydrogens (tertiary/aromatic N) is 3. The van der Waals surface area contributed by atoms with Crippen LogP contribution in [-0.4, -0.2) is 47.8 Å². The average Bonchev–Trinajstić information content (AvgIpc) is 3.46. The van der Waals surface area contributed by atoms with Gasteiger partial charge in [-0.25, -0.2) is 0 Å². The van der Waals surface area contributed by atoms with Crippen molar-refractivity contribution in [3.63, 3.8) is 0 Å². The number of morpholine rings is 1. The minimum absolute atomic E-state index is 0.0650. The Morgan fingerprint density at radius 2 is 2.17 bits per heavy atom. The lowest BCUT2D eigenvalue weighted by Gasteiger charge is -2.30. The molecule has 5 rings (SSSR count). The summed E-state index contributed by atoms with van der Waals surface area (Å²) < 4.78 is 16.6. The Bertz CT molecular complexity index is 1040. The van der Waals surface area contributed by atoms with E-state index in [4.69, 9.17) is 14.0 Å². The zero-order valence-corrected chi connectivity index (χ0v) is 17.6. The molecule has 7 nitrogen and oxygen atoms in total. The van der Waals surface area contributed by atoms with E-state index < -0.39 is 6.10 Å². The van der Waals surface area contributed by atoms with Crippen LogP contribution in [0.2, 0.25) is 0 Å². The summed E-state index contributed by atoms with van der Waals surface area (Å²) in [7, 11) is 1.62. The van der Waals surface area contributed by atoms with Crippen molar-refractivity contribution in [2.45, 2.75) is 31.8 Å². The molecular formula is C22H23N3O4S. The van der Waals surface area contributed by atoms with Crippen LogP contribution in [0.3, 0.4) is 0 Å². The Labute approximate surface area is 178 Å². The molecule has 1 aromatic carbocycles. The number of hydrogen-bond acceptors (Lipinski definition) is 7. The number of hydrogen-bond donors (Lipinski definition) is 0. The highest BCUT2D eigenvalue weighted by molar-refractivity contribution is 7.14. The van der Waals surface area contributed by atoms with Gasteiger partial charge in [0.15, 0.2) is 6.10 Å². The van der Waals surface area contributed by atoms with Crippen LogP contribution in [0.15, 0.2) is 34.9 Å². The number of carbonyl (C=O) groups excluding carboxylic acids is 1. The third kappa shape index (κ3) is 3.73. The summed E-state index contributed by atoms with van der Waals surface area (Å²) in [5.41, 5.74) is 2.15. The first kappa shape index (κ1) is 19.3. The van der Waals surface area contributed by atoms with Crippen LogP contribution in [0.25, 0.3) is 11.4 Å². The molecule has 0 bridgehead atoms. The van der Waals surface area contributed by atoms with E-state index in [-0.39, 0.29) is 5.91 Å². The minimum Gasteiger partial charge on any atom is -0.497 e. The molecule has 2 aromatic heterocycles. The smallest absolute Gasteiger partial charge is 0.264 e. The Morgan fingerprint density at radius 1 is 1.27 bits per heavy atom. The summed E-state index contributed by atoms with van der Waals surface area (Å²) in [5.74, 6) is 1.65. The topological polar surface area (TPSA) is 77.7 Å². The van der Waals surface area contributed by atoms with Gasteiger partial charge < -0.3 is 18.9 Å². The molecule has 1 saturated heterocycles. The van der Waals surface area contributed by atoms with E-state index in [1.807, 2.05) is 29.2 Å². The van der Waals surface area contributed by atoms with Crippen LogP contribution in [0, 0.1) is 0 Å². The van der Waals surface area contributed by atoms with Crippen molar-refractivity contribution in [2.75, 3.05) is 26.8 Å². The highest BCUT2D eigenvalue weighted by Gasteiger charge is 2.31. The number of amides is 1. The molecule has 3 aromatic rings. The van der Waals surface area contributed by atoms with Crippen LogP contribution in [0.1, 0.15) is 44.9 Å². The molecule has 156 valence electrons. The second kappa shape index (κ2) is 8.20. The first-order valence-corrected chi connectivity index (χ1v) is 11.0. The molecule has 0 radical (unpaired) electrons. The molecule has 1 aliphatic heterocycles. The number of methoxy groups -OCH3 is 1. The van der Waals surface area contributed by atoms with Gasteiger partial charge >= 0.3 is 0 Å². The number of aryl methyl sites for hydroxylation is 2. The maximum atomic E-state index is 13.1. The number of thiophene rings is 1. The third-order valence-corrected chi connectivity index (χ3v) is 6.83. The number of aromatic nitrogens is 2. The van der Waals surface area contributed by atoms with Gasteiger partial charge in [0, 0.05) is 17.0 Å². The number of carbonyl (C=O) groups is 1. The molecule has 1 amide bonds. The third-order valence-electron chi connectivity index (χ3n) is 5.61. The van der Waals surface area contributed by atoms with Gasteiger partial charge in [0.1, 0.15) is 5.75 Å². The second-order valence-corrected chi connectivity index (χ2v) is 8.70. The number of benzene rings is 1. The summed E-state index contributed by atoms with van der Waals surface area (Å²) in [6, 6.07) is 9.57. The van der Waals surface area contributed by atoms with E-state index in [0.717, 1.165) is 29.0 Å². The maximum Gasteiger partial charge on any atom is 0.264 e. The maximum absolute atomic E-state index is 13.1. The molecule has 2 aliphatic rings. The lowest BCUT2D eigenvalue weighted by molar-refractivity contribution is -0.0365. The Balaban J connectivity index is 1.31. The molecule has 0 N–H and O–H groups in total. The summed E-state index contributed by atoms with van der Waals surface area (Å²) in [4.78, 5) is 21.6. The molecule has 0 unspecified atom stereocenters. The van der Waals surface area contributed by atoms with Crippen LogP contribution in [0.5, 0.6) is 5.75 Å². The molecule has 30 heavy (non-hydrogen) atoms. The number of fused-ring (bicyclic) bond motifs is 1. The van der Waals surface area contributed by atoms with Crippen molar-refractivity contribution < 1.29 is 18.8 Å². The fourth-order valence-electron chi connectivity index (χ4n) is 3.98.